The normalized spacial score (nSPS) is 17.8. The Balaban J connectivity index is 1.51. The molecule has 4 rings (SSSR count). The first-order chi connectivity index (χ1) is 12.2. The Labute approximate surface area is 146 Å². The summed E-state index contributed by atoms with van der Waals surface area (Å²) in [7, 11) is 0. The van der Waals surface area contributed by atoms with Crippen molar-refractivity contribution in [2.75, 3.05) is 19.8 Å². The van der Waals surface area contributed by atoms with Crippen LogP contribution in [0.15, 0.2) is 36.8 Å². The van der Waals surface area contributed by atoms with E-state index in [0.29, 0.717) is 26.4 Å². The molecule has 1 saturated heterocycles. The van der Waals surface area contributed by atoms with Crippen LogP contribution in [0.3, 0.4) is 0 Å². The quantitative estimate of drug-likeness (QED) is 0.729. The van der Waals surface area contributed by atoms with E-state index in [2.05, 4.69) is 47.5 Å². The maximum absolute atomic E-state index is 5.65. The molecular weight excluding hydrogens is 318 g/mol. The summed E-state index contributed by atoms with van der Waals surface area (Å²) in [6.45, 7) is 6.74. The zero-order chi connectivity index (χ0) is 17.2. The molecule has 0 bridgehead atoms. The number of ether oxygens (including phenoxy) is 2. The lowest BCUT2D eigenvalue weighted by Gasteiger charge is -2.22. The average molecular weight is 339 g/mol. The van der Waals surface area contributed by atoms with Gasteiger partial charge in [-0.3, -0.25) is 0 Å². The van der Waals surface area contributed by atoms with Crippen LogP contribution in [0.4, 0.5) is 0 Å². The summed E-state index contributed by atoms with van der Waals surface area (Å²) in [5.41, 5.74) is 5.29. The van der Waals surface area contributed by atoms with Gasteiger partial charge in [-0.1, -0.05) is 11.3 Å². The summed E-state index contributed by atoms with van der Waals surface area (Å²) in [4.78, 5) is 0. The van der Waals surface area contributed by atoms with Crippen molar-refractivity contribution in [2.24, 2.45) is 0 Å². The van der Waals surface area contributed by atoms with Gasteiger partial charge >= 0.3 is 0 Å². The monoisotopic (exact) mass is 339 g/mol. The van der Waals surface area contributed by atoms with E-state index in [-0.39, 0.29) is 6.10 Å². The first-order valence-corrected chi connectivity index (χ1v) is 8.41. The third-order valence-corrected chi connectivity index (χ3v) is 4.45. The Morgan fingerprint density at radius 3 is 2.88 bits per heavy atom. The molecule has 130 valence electrons. The Hall–Kier alpha value is -2.51. The smallest absolute Gasteiger partial charge is 0.116 e. The van der Waals surface area contributed by atoms with E-state index in [1.165, 1.54) is 11.1 Å². The van der Waals surface area contributed by atoms with Gasteiger partial charge in [-0.15, -0.1) is 5.10 Å². The van der Waals surface area contributed by atoms with Gasteiger partial charge < -0.3 is 9.47 Å². The molecule has 0 N–H and O–H groups in total. The molecule has 0 amide bonds. The van der Waals surface area contributed by atoms with E-state index in [4.69, 9.17) is 9.47 Å². The standard InChI is InChI=1S/C18H21N5O2/c1-13-3-4-16(7-14(13)2)23-9-15(8-19-23)18-11-22(21-20-18)10-17-12-24-5-6-25-17/h3-4,7-9,11,17H,5-6,10,12H2,1-2H3/t17-/m0/s1. The summed E-state index contributed by atoms with van der Waals surface area (Å²) < 4.78 is 14.7. The fraction of sp³-hybridized carbons (Fsp3) is 0.389. The molecule has 1 aliphatic rings. The fourth-order valence-corrected chi connectivity index (χ4v) is 2.83. The third-order valence-electron chi connectivity index (χ3n) is 4.45. The second kappa shape index (κ2) is 6.78. The summed E-state index contributed by atoms with van der Waals surface area (Å²) in [5, 5.41) is 12.9. The van der Waals surface area contributed by atoms with Gasteiger partial charge in [0.2, 0.25) is 0 Å². The zero-order valence-electron chi connectivity index (χ0n) is 14.4. The molecule has 3 aromatic rings. The lowest BCUT2D eigenvalue weighted by atomic mass is 10.1. The number of aromatic nitrogens is 5. The average Bonchev–Trinajstić information content (AvgIpc) is 3.27. The number of benzene rings is 1. The zero-order valence-corrected chi connectivity index (χ0v) is 14.4. The maximum atomic E-state index is 5.65. The molecule has 0 radical (unpaired) electrons. The van der Waals surface area contributed by atoms with Gasteiger partial charge in [-0.05, 0) is 37.1 Å². The number of nitrogens with zero attached hydrogens (tertiary/aromatic N) is 5. The molecule has 0 spiro atoms. The fourth-order valence-electron chi connectivity index (χ4n) is 2.83. The molecule has 1 fully saturated rings. The molecule has 2 aromatic heterocycles. The molecule has 7 nitrogen and oxygen atoms in total. The number of hydrogen-bond donors (Lipinski definition) is 0. The highest BCUT2D eigenvalue weighted by atomic mass is 16.6. The van der Waals surface area contributed by atoms with Crippen LogP contribution in [-0.2, 0) is 16.0 Å². The molecule has 0 saturated carbocycles. The van der Waals surface area contributed by atoms with E-state index >= 15 is 0 Å². The van der Waals surface area contributed by atoms with E-state index in [1.54, 1.807) is 4.68 Å². The van der Waals surface area contributed by atoms with Crippen LogP contribution in [0, 0.1) is 13.8 Å². The Morgan fingerprint density at radius 1 is 1.16 bits per heavy atom. The van der Waals surface area contributed by atoms with Gasteiger partial charge in [0.15, 0.2) is 0 Å². The highest BCUT2D eigenvalue weighted by Crippen LogP contribution is 2.19. The third kappa shape index (κ3) is 3.47. The molecule has 1 aliphatic heterocycles. The van der Waals surface area contributed by atoms with Gasteiger partial charge in [-0.25, -0.2) is 9.36 Å². The van der Waals surface area contributed by atoms with Gasteiger partial charge in [-0.2, -0.15) is 5.10 Å². The maximum Gasteiger partial charge on any atom is 0.116 e. The summed E-state index contributed by atoms with van der Waals surface area (Å²) in [6.07, 6.45) is 5.73. The van der Waals surface area contributed by atoms with Gasteiger partial charge in [0.05, 0.1) is 44.4 Å². The van der Waals surface area contributed by atoms with Crippen LogP contribution < -0.4 is 0 Å². The minimum atomic E-state index is 0.0292. The van der Waals surface area contributed by atoms with Gasteiger partial charge in [0, 0.05) is 11.8 Å². The first kappa shape index (κ1) is 16.0. The number of hydrogen-bond acceptors (Lipinski definition) is 5. The highest BCUT2D eigenvalue weighted by molar-refractivity contribution is 5.56. The lowest BCUT2D eigenvalue weighted by molar-refractivity contribution is -0.0947. The number of aryl methyl sites for hydroxylation is 2. The SMILES string of the molecule is Cc1ccc(-n2cc(-c3cn(C[C@H]4COCCO4)nn3)cn2)cc1C. The van der Waals surface area contributed by atoms with Gasteiger partial charge in [0.25, 0.3) is 0 Å². The Morgan fingerprint density at radius 2 is 2.08 bits per heavy atom. The predicted molar refractivity (Wildman–Crippen MR) is 92.6 cm³/mol. The van der Waals surface area contributed by atoms with Crippen molar-refractivity contribution in [2.45, 2.75) is 26.5 Å². The summed E-state index contributed by atoms with van der Waals surface area (Å²) in [6, 6.07) is 6.30. The van der Waals surface area contributed by atoms with Crippen LogP contribution >= 0.6 is 0 Å². The molecule has 3 heterocycles. The van der Waals surface area contributed by atoms with Gasteiger partial charge in [0.1, 0.15) is 11.8 Å². The van der Waals surface area contributed by atoms with E-state index in [9.17, 15) is 0 Å². The number of rotatable bonds is 4. The first-order valence-electron chi connectivity index (χ1n) is 8.41. The summed E-state index contributed by atoms with van der Waals surface area (Å²) >= 11 is 0. The second-order valence-corrected chi connectivity index (χ2v) is 6.34. The highest BCUT2D eigenvalue weighted by Gasteiger charge is 2.16. The topological polar surface area (TPSA) is 67.0 Å². The minimum Gasteiger partial charge on any atom is -0.376 e. The van der Waals surface area contributed by atoms with Crippen molar-refractivity contribution in [3.8, 4) is 16.9 Å². The van der Waals surface area contributed by atoms with E-state index in [0.717, 1.165) is 16.9 Å². The van der Waals surface area contributed by atoms with Crippen molar-refractivity contribution in [1.82, 2.24) is 24.8 Å². The van der Waals surface area contributed by atoms with Crippen LogP contribution in [-0.4, -0.2) is 50.7 Å². The van der Waals surface area contributed by atoms with Crippen molar-refractivity contribution < 1.29 is 9.47 Å². The van der Waals surface area contributed by atoms with Crippen molar-refractivity contribution in [1.29, 1.82) is 0 Å². The van der Waals surface area contributed by atoms with Crippen molar-refractivity contribution in [3.05, 3.63) is 47.9 Å². The Kier molecular flexibility index (Phi) is 4.33. The van der Waals surface area contributed by atoms with Crippen LogP contribution in [0.1, 0.15) is 11.1 Å². The lowest BCUT2D eigenvalue weighted by Crippen LogP contribution is -2.32. The van der Waals surface area contributed by atoms with E-state index < -0.39 is 0 Å². The predicted octanol–water partition coefficient (Wildman–Crippen LogP) is 2.16. The largest absolute Gasteiger partial charge is 0.376 e. The molecular formula is C18H21N5O2. The Bertz CT molecular complexity index is 864. The summed E-state index contributed by atoms with van der Waals surface area (Å²) in [5.74, 6) is 0. The second-order valence-electron chi connectivity index (χ2n) is 6.34. The molecule has 1 aromatic carbocycles. The molecule has 0 aliphatic carbocycles. The minimum absolute atomic E-state index is 0.0292. The van der Waals surface area contributed by atoms with Crippen LogP contribution in [0.2, 0.25) is 0 Å². The van der Waals surface area contributed by atoms with Crippen molar-refractivity contribution in [3.63, 3.8) is 0 Å². The molecule has 25 heavy (non-hydrogen) atoms. The molecule has 7 heteroatoms. The molecule has 0 unspecified atom stereocenters. The van der Waals surface area contributed by atoms with Crippen molar-refractivity contribution >= 4 is 0 Å². The van der Waals surface area contributed by atoms with Crippen LogP contribution in [0.25, 0.3) is 16.9 Å². The van der Waals surface area contributed by atoms with E-state index in [1.807, 2.05) is 23.3 Å². The molecule has 1 atom stereocenters. The van der Waals surface area contributed by atoms with Crippen LogP contribution in [0.5, 0.6) is 0 Å².